The summed E-state index contributed by atoms with van der Waals surface area (Å²) in [5, 5.41) is 11.5. The summed E-state index contributed by atoms with van der Waals surface area (Å²) in [6, 6.07) is 8.72. The van der Waals surface area contributed by atoms with Gasteiger partial charge in [-0.1, -0.05) is 28.9 Å². The van der Waals surface area contributed by atoms with E-state index in [1.54, 1.807) is 38.4 Å². The van der Waals surface area contributed by atoms with Gasteiger partial charge < -0.3 is 9.84 Å². The van der Waals surface area contributed by atoms with Crippen molar-refractivity contribution >= 4 is 17.6 Å². The van der Waals surface area contributed by atoms with Crippen molar-refractivity contribution in [2.75, 3.05) is 7.05 Å². The lowest BCUT2D eigenvalue weighted by Gasteiger charge is -2.01. The molecule has 0 radical (unpaired) electrons. The molecule has 0 saturated heterocycles. The Bertz CT molecular complexity index is 820. The highest BCUT2D eigenvalue weighted by atomic mass is 35.5. The molecule has 6 nitrogen and oxygen atoms in total. The van der Waals surface area contributed by atoms with Crippen LogP contribution in [0.1, 0.15) is 5.76 Å². The summed E-state index contributed by atoms with van der Waals surface area (Å²) in [6.45, 7) is 1.81. The van der Waals surface area contributed by atoms with Crippen molar-refractivity contribution < 1.29 is 9.32 Å². The molecule has 0 unspecified atom stereocenters. The van der Waals surface area contributed by atoms with Gasteiger partial charge >= 0.3 is 6.03 Å². The van der Waals surface area contributed by atoms with Gasteiger partial charge in [0.05, 0.1) is 11.3 Å². The third kappa shape index (κ3) is 2.48. The Hall–Kier alpha value is -2.60. The predicted octanol–water partition coefficient (Wildman–Crippen LogP) is 3.35. The lowest BCUT2D eigenvalue weighted by molar-refractivity contribution is 0.241. The summed E-state index contributed by atoms with van der Waals surface area (Å²) in [5.74, 6) is 0.632. The van der Waals surface area contributed by atoms with E-state index in [9.17, 15) is 4.79 Å². The van der Waals surface area contributed by atoms with Crippen LogP contribution < -0.4 is 5.32 Å². The smallest absolute Gasteiger partial charge is 0.341 e. The molecule has 1 amide bonds. The van der Waals surface area contributed by atoms with Crippen LogP contribution in [0.25, 0.3) is 22.5 Å². The van der Waals surface area contributed by atoms with E-state index in [0.717, 1.165) is 11.1 Å². The number of nitrogens with one attached hydrogen (secondary N) is 1. The normalized spacial score (nSPS) is 10.7. The standard InChI is InChI=1S/C15H13ClN4O2/c1-9-13(12-7-8-20(18-12)15(21)17-2)14(19-22-9)10-3-5-11(16)6-4-10/h3-8H,1-2H3,(H,17,21). The molecule has 2 aromatic heterocycles. The summed E-state index contributed by atoms with van der Waals surface area (Å²) < 4.78 is 6.53. The van der Waals surface area contributed by atoms with Gasteiger partial charge in [-0.25, -0.2) is 4.79 Å². The molecule has 1 N–H and O–H groups in total. The number of halogens is 1. The Kier molecular flexibility index (Phi) is 3.68. The van der Waals surface area contributed by atoms with Crippen molar-refractivity contribution in [3.8, 4) is 22.5 Å². The third-order valence-corrected chi connectivity index (χ3v) is 3.50. The topological polar surface area (TPSA) is 73.0 Å². The lowest BCUT2D eigenvalue weighted by atomic mass is 10.0. The van der Waals surface area contributed by atoms with Crippen molar-refractivity contribution in [3.63, 3.8) is 0 Å². The molecule has 1 aromatic carbocycles. The first-order valence-corrected chi connectivity index (χ1v) is 6.98. The maximum absolute atomic E-state index is 11.6. The van der Waals surface area contributed by atoms with Gasteiger partial charge in [-0.2, -0.15) is 9.78 Å². The molecule has 3 aromatic rings. The number of hydrogen-bond donors (Lipinski definition) is 1. The molecule has 0 aliphatic rings. The number of amides is 1. The van der Waals surface area contributed by atoms with Crippen LogP contribution in [-0.2, 0) is 0 Å². The van der Waals surface area contributed by atoms with Gasteiger partial charge in [-0.15, -0.1) is 0 Å². The number of rotatable bonds is 2. The van der Waals surface area contributed by atoms with E-state index >= 15 is 0 Å². The van der Waals surface area contributed by atoms with Crippen LogP contribution in [0.5, 0.6) is 0 Å². The van der Waals surface area contributed by atoms with Crippen LogP contribution in [0.2, 0.25) is 5.02 Å². The second-order valence-corrected chi connectivity index (χ2v) is 5.11. The van der Waals surface area contributed by atoms with E-state index in [0.29, 0.717) is 22.2 Å². The van der Waals surface area contributed by atoms with E-state index in [1.165, 1.54) is 4.68 Å². The van der Waals surface area contributed by atoms with Crippen molar-refractivity contribution in [1.82, 2.24) is 20.3 Å². The van der Waals surface area contributed by atoms with Gasteiger partial charge in [0.25, 0.3) is 0 Å². The van der Waals surface area contributed by atoms with Gasteiger partial charge in [0.2, 0.25) is 0 Å². The summed E-state index contributed by atoms with van der Waals surface area (Å²) in [7, 11) is 1.55. The SMILES string of the molecule is CNC(=O)n1ccc(-c2c(-c3ccc(Cl)cc3)noc2C)n1. The Morgan fingerprint density at radius 3 is 2.68 bits per heavy atom. The molecule has 3 rings (SSSR count). The fourth-order valence-corrected chi connectivity index (χ4v) is 2.29. The minimum Gasteiger partial charge on any atom is -0.360 e. The molecular formula is C15H13ClN4O2. The Balaban J connectivity index is 2.08. The second kappa shape index (κ2) is 5.65. The first-order valence-electron chi connectivity index (χ1n) is 6.60. The summed E-state index contributed by atoms with van der Waals surface area (Å²) in [6.07, 6.45) is 1.59. The zero-order valence-corrected chi connectivity index (χ0v) is 12.8. The van der Waals surface area contributed by atoms with Crippen molar-refractivity contribution in [3.05, 3.63) is 47.3 Å². The van der Waals surface area contributed by atoms with Crippen LogP contribution in [0, 0.1) is 6.92 Å². The van der Waals surface area contributed by atoms with Gasteiger partial charge in [-0.3, -0.25) is 0 Å². The van der Waals surface area contributed by atoms with Gasteiger partial charge in [0.15, 0.2) is 0 Å². The minimum absolute atomic E-state index is 0.312. The van der Waals surface area contributed by atoms with Crippen LogP contribution >= 0.6 is 11.6 Å². The molecule has 0 aliphatic heterocycles. The van der Waals surface area contributed by atoms with Crippen LogP contribution in [-0.4, -0.2) is 28.0 Å². The zero-order valence-electron chi connectivity index (χ0n) is 12.0. The maximum Gasteiger partial charge on any atom is 0.341 e. The van der Waals surface area contributed by atoms with E-state index in [4.69, 9.17) is 16.1 Å². The monoisotopic (exact) mass is 316 g/mol. The maximum atomic E-state index is 11.6. The number of nitrogens with zero attached hydrogens (tertiary/aromatic N) is 3. The Labute approximate surface area is 131 Å². The van der Waals surface area contributed by atoms with Crippen molar-refractivity contribution in [1.29, 1.82) is 0 Å². The molecule has 0 aliphatic carbocycles. The van der Waals surface area contributed by atoms with Crippen LogP contribution in [0.3, 0.4) is 0 Å². The van der Waals surface area contributed by atoms with Gasteiger partial charge in [0, 0.05) is 23.8 Å². The average molecular weight is 317 g/mol. The lowest BCUT2D eigenvalue weighted by Crippen LogP contribution is -2.24. The Morgan fingerprint density at radius 2 is 2.00 bits per heavy atom. The molecule has 7 heteroatoms. The number of carbonyl (C=O) groups excluding carboxylic acids is 1. The largest absolute Gasteiger partial charge is 0.360 e. The predicted molar refractivity (Wildman–Crippen MR) is 82.8 cm³/mol. The highest BCUT2D eigenvalue weighted by molar-refractivity contribution is 6.30. The molecule has 0 saturated carbocycles. The molecule has 0 fully saturated rings. The number of aryl methyl sites for hydroxylation is 1. The van der Waals surface area contributed by atoms with E-state index in [1.807, 2.05) is 12.1 Å². The van der Waals surface area contributed by atoms with Crippen molar-refractivity contribution in [2.24, 2.45) is 0 Å². The van der Waals surface area contributed by atoms with E-state index < -0.39 is 0 Å². The van der Waals surface area contributed by atoms with Crippen molar-refractivity contribution in [2.45, 2.75) is 6.92 Å². The first-order chi connectivity index (χ1) is 10.6. The number of benzene rings is 1. The average Bonchev–Trinajstić information content (AvgIpc) is 3.14. The quantitative estimate of drug-likeness (QED) is 0.787. The van der Waals surface area contributed by atoms with Crippen LogP contribution in [0.4, 0.5) is 4.79 Å². The molecule has 0 atom stereocenters. The minimum atomic E-state index is -0.312. The highest BCUT2D eigenvalue weighted by Gasteiger charge is 2.19. The summed E-state index contributed by atoms with van der Waals surface area (Å²) in [4.78, 5) is 11.6. The fourth-order valence-electron chi connectivity index (χ4n) is 2.16. The fraction of sp³-hybridized carbons (Fsp3) is 0.133. The number of aromatic nitrogens is 3. The molecular weight excluding hydrogens is 304 g/mol. The number of carbonyl (C=O) groups is 1. The summed E-state index contributed by atoms with van der Waals surface area (Å²) >= 11 is 5.91. The Morgan fingerprint density at radius 1 is 1.27 bits per heavy atom. The molecule has 0 spiro atoms. The first kappa shape index (κ1) is 14.3. The van der Waals surface area contributed by atoms with E-state index in [2.05, 4.69) is 15.6 Å². The molecule has 22 heavy (non-hydrogen) atoms. The van der Waals surface area contributed by atoms with E-state index in [-0.39, 0.29) is 6.03 Å². The van der Waals surface area contributed by atoms with Crippen LogP contribution in [0.15, 0.2) is 41.1 Å². The highest BCUT2D eigenvalue weighted by Crippen LogP contribution is 2.33. The molecule has 112 valence electrons. The zero-order chi connectivity index (χ0) is 15.7. The second-order valence-electron chi connectivity index (χ2n) is 4.67. The van der Waals surface area contributed by atoms with Gasteiger partial charge in [0.1, 0.15) is 11.5 Å². The van der Waals surface area contributed by atoms with Gasteiger partial charge in [-0.05, 0) is 25.1 Å². The number of hydrogen-bond acceptors (Lipinski definition) is 4. The molecule has 0 bridgehead atoms. The third-order valence-electron chi connectivity index (χ3n) is 3.25. The summed E-state index contributed by atoms with van der Waals surface area (Å²) in [5.41, 5.74) is 2.90. The molecule has 2 heterocycles.